The summed E-state index contributed by atoms with van der Waals surface area (Å²) >= 11 is 0. The van der Waals surface area contributed by atoms with Gasteiger partial charge in [0.15, 0.2) is 9.84 Å². The minimum Gasteiger partial charge on any atom is -0.492 e. The Morgan fingerprint density at radius 2 is 1.66 bits per heavy atom. The van der Waals surface area contributed by atoms with Crippen LogP contribution in [-0.4, -0.2) is 190 Å². The van der Waals surface area contributed by atoms with Crippen LogP contribution >= 0.6 is 0 Å². The van der Waals surface area contributed by atoms with Crippen LogP contribution in [0.5, 0.6) is 5.75 Å². The lowest BCUT2D eigenvalue weighted by molar-refractivity contribution is -0.121. The number of aromatic amines is 1. The van der Waals surface area contributed by atoms with Crippen LogP contribution in [0.2, 0.25) is 0 Å². The van der Waals surface area contributed by atoms with E-state index in [-0.39, 0.29) is 58.4 Å². The van der Waals surface area contributed by atoms with Crippen LogP contribution < -0.4 is 25.2 Å². The van der Waals surface area contributed by atoms with Gasteiger partial charge in [-0.1, -0.05) is 26.0 Å². The third-order valence-corrected chi connectivity index (χ3v) is 18.8. The zero-order chi connectivity index (χ0) is 56.7. The lowest BCUT2D eigenvalue weighted by atomic mass is 9.91. The second-order valence-corrected chi connectivity index (χ2v) is 26.4. The van der Waals surface area contributed by atoms with Crippen LogP contribution in [-0.2, 0) is 26.5 Å². The van der Waals surface area contributed by atoms with E-state index >= 15 is 0 Å². The van der Waals surface area contributed by atoms with Gasteiger partial charge in [-0.15, -0.1) is 0 Å². The fourth-order valence-corrected chi connectivity index (χ4v) is 12.6. The fourth-order valence-electron chi connectivity index (χ4n) is 11.3. The van der Waals surface area contributed by atoms with Gasteiger partial charge in [0.2, 0.25) is 5.91 Å². The molecule has 0 saturated carbocycles. The summed E-state index contributed by atoms with van der Waals surface area (Å²) in [7, 11) is -3.82. The number of hydrogen-bond acceptors (Lipinski definition) is 17. The number of nitrogens with zero attached hydrogens (tertiary/aromatic N) is 12. The van der Waals surface area contributed by atoms with Crippen molar-refractivity contribution in [1.29, 1.82) is 0 Å². The zero-order valence-electron chi connectivity index (χ0n) is 47.6. The molecular weight excluding hydrogens is 1040 g/mol. The number of pyridine rings is 1. The number of H-pyrrole nitrogens is 1. The van der Waals surface area contributed by atoms with E-state index in [0.717, 1.165) is 91.9 Å². The van der Waals surface area contributed by atoms with Gasteiger partial charge >= 0.3 is 0 Å². The number of amides is 2. The predicted octanol–water partition coefficient (Wildman–Crippen LogP) is 5.92. The molecule has 4 aromatic heterocycles. The lowest BCUT2D eigenvalue weighted by Gasteiger charge is -2.45. The molecule has 3 saturated heterocycles. The maximum absolute atomic E-state index is 14.4. The van der Waals surface area contributed by atoms with E-state index in [1.807, 2.05) is 29.8 Å². The molecule has 4 aliphatic heterocycles. The summed E-state index contributed by atoms with van der Waals surface area (Å²) in [5, 5.41) is 14.7. The fraction of sp³-hybridized carbons (Fsp3) is 0.517. The van der Waals surface area contributed by atoms with Crippen molar-refractivity contribution in [1.82, 2.24) is 60.0 Å². The smallest absolute Gasteiger partial charge is 0.274 e. The van der Waals surface area contributed by atoms with Crippen LogP contribution in [0.15, 0.2) is 72.3 Å². The van der Waals surface area contributed by atoms with Crippen molar-refractivity contribution >= 4 is 55.7 Å². The van der Waals surface area contributed by atoms with Crippen molar-refractivity contribution in [3.63, 3.8) is 0 Å². The molecule has 0 bridgehead atoms. The number of piperazine rings is 3. The van der Waals surface area contributed by atoms with Crippen molar-refractivity contribution in [2.24, 2.45) is 0 Å². The molecule has 2 aromatic carbocycles. The van der Waals surface area contributed by atoms with Gasteiger partial charge in [0.1, 0.15) is 45.9 Å². The Morgan fingerprint density at radius 3 is 2.36 bits per heavy atom. The summed E-state index contributed by atoms with van der Waals surface area (Å²) in [6.45, 7) is 26.5. The number of aromatic nitrogens is 7. The van der Waals surface area contributed by atoms with Gasteiger partial charge in [0, 0.05) is 125 Å². The molecule has 2 amide bonds. The maximum Gasteiger partial charge on any atom is 0.274 e. The number of carbonyl (C=O) groups is 2. The molecule has 0 radical (unpaired) electrons. The summed E-state index contributed by atoms with van der Waals surface area (Å²) in [6.07, 6.45) is 7.89. The number of halogens is 1. The molecule has 4 aliphatic rings. The van der Waals surface area contributed by atoms with Gasteiger partial charge in [-0.2, -0.15) is 5.10 Å². The van der Waals surface area contributed by atoms with Crippen LogP contribution in [0, 0.1) is 19.7 Å². The highest BCUT2D eigenvalue weighted by atomic mass is 32.2. The Balaban J connectivity index is 0.692. The molecule has 80 heavy (non-hydrogen) atoms. The summed E-state index contributed by atoms with van der Waals surface area (Å²) in [4.78, 5) is 64.5. The van der Waals surface area contributed by atoms with Crippen LogP contribution in [0.1, 0.15) is 93.5 Å². The molecule has 3 atom stereocenters. The molecule has 8 heterocycles. The van der Waals surface area contributed by atoms with Crippen molar-refractivity contribution in [2.75, 3.05) is 107 Å². The quantitative estimate of drug-likeness (QED) is 0.0959. The van der Waals surface area contributed by atoms with Gasteiger partial charge < -0.3 is 30.1 Å². The number of benzene rings is 2. The number of fused-ring (bicyclic) bond motifs is 2. The average Bonchev–Trinajstić information content (AvgIpc) is 3.98. The third kappa shape index (κ3) is 12.1. The van der Waals surface area contributed by atoms with Gasteiger partial charge in [-0.05, 0) is 96.7 Å². The largest absolute Gasteiger partial charge is 0.492 e. The Labute approximate surface area is 468 Å². The lowest BCUT2D eigenvalue weighted by Crippen LogP contribution is -2.63. The first-order valence-electron chi connectivity index (χ1n) is 27.9. The maximum atomic E-state index is 14.4. The third-order valence-electron chi connectivity index (χ3n) is 16.3. The number of hydrogen-bond donors (Lipinski definition) is 3. The molecule has 22 heteroatoms. The van der Waals surface area contributed by atoms with E-state index < -0.39 is 14.6 Å². The van der Waals surface area contributed by atoms with Crippen molar-refractivity contribution in [3.8, 4) is 5.75 Å². The van der Waals surface area contributed by atoms with E-state index in [2.05, 4.69) is 89.1 Å². The number of ether oxygens (including phenoxy) is 1. The molecule has 426 valence electrons. The predicted molar refractivity (Wildman–Crippen MR) is 307 cm³/mol. The topological polar surface area (TPSA) is 214 Å². The minimum absolute atomic E-state index is 0.0524. The summed E-state index contributed by atoms with van der Waals surface area (Å²) in [5.74, 6) is 1.76. The highest BCUT2D eigenvalue weighted by Gasteiger charge is 2.42. The first kappa shape index (κ1) is 56.6. The van der Waals surface area contributed by atoms with E-state index in [9.17, 15) is 22.4 Å². The van der Waals surface area contributed by atoms with Gasteiger partial charge in [0.05, 0.1) is 52.9 Å². The number of carbonyl (C=O) groups excluding carboxylic acids is 2. The monoisotopic (exact) mass is 1110 g/mol. The normalized spacial score (nSPS) is 20.3. The zero-order valence-corrected chi connectivity index (χ0v) is 48.4. The number of nitrogens with one attached hydrogen (secondary N) is 3. The minimum atomic E-state index is -3.82. The van der Waals surface area contributed by atoms with Gasteiger partial charge in [-0.25, -0.2) is 32.7 Å². The Kier molecular flexibility index (Phi) is 16.3. The molecular formula is C58H76FN15O5S. The van der Waals surface area contributed by atoms with Crippen LogP contribution in [0.25, 0.3) is 10.9 Å². The molecule has 20 nitrogen and oxygen atoms in total. The molecule has 10 rings (SSSR count). The Bertz CT molecular complexity index is 3330. The number of aryl methyl sites for hydroxylation is 1. The van der Waals surface area contributed by atoms with Crippen molar-refractivity contribution in [3.05, 3.63) is 107 Å². The summed E-state index contributed by atoms with van der Waals surface area (Å²) in [6, 6.07) is 12.3. The van der Waals surface area contributed by atoms with E-state index in [1.165, 1.54) is 18.5 Å². The number of sulfone groups is 1. The number of anilines is 4. The molecule has 1 unspecified atom stereocenters. The van der Waals surface area contributed by atoms with Crippen molar-refractivity contribution < 1.29 is 27.1 Å². The average molecular weight is 1110 g/mol. The number of rotatable bonds is 16. The van der Waals surface area contributed by atoms with E-state index in [0.29, 0.717) is 73.9 Å². The standard InChI is InChI=1S/C58H76FN15O5S/c1-37-31-73(34-52(75)74-35-58(8,9)53-48(74)24-42(27-63-53)23-41-11-13-43(59)14-12-41)44(28-60-37)33-71-20-21-72(32-38(71)2)56(76)47-29-62-51(30-61-47)70-18-16-69(17-19-70)15-10-22-79-49-26-46-45(25-50(49)80(77,78)57(5,6)7)55(65-36-64-46)66-54-39(3)40(4)67-68-54/h11-14,24-27,29-30,36-38,44,60H,10,15-23,28,31-35H2,1-9H3,(H2,64,65,66,67,68)/t37-,38?,44-/m1/s1. The Hall–Kier alpha value is -6.72. The van der Waals surface area contributed by atoms with E-state index in [1.54, 1.807) is 57.4 Å². The first-order chi connectivity index (χ1) is 38.1. The highest BCUT2D eigenvalue weighted by Crippen LogP contribution is 2.41. The highest BCUT2D eigenvalue weighted by molar-refractivity contribution is 7.92. The summed E-state index contributed by atoms with van der Waals surface area (Å²) in [5.41, 5.74) is 6.07. The second kappa shape index (κ2) is 23.0. The van der Waals surface area contributed by atoms with Crippen LogP contribution in [0.4, 0.5) is 27.5 Å². The molecule has 3 N–H and O–H groups in total. The second-order valence-electron chi connectivity index (χ2n) is 23.7. The molecule has 0 spiro atoms. The van der Waals surface area contributed by atoms with Gasteiger partial charge in [-0.3, -0.25) is 34.4 Å². The van der Waals surface area contributed by atoms with Crippen molar-refractivity contribution in [2.45, 2.75) is 108 Å². The SMILES string of the molecule is Cc1n[nH]c(Nc2ncnc3cc(OCCCN4CCN(c5cnc(C(=O)N6CCN(C[C@H]7CN[C@H](C)CN7CC(=O)N7CC(C)(C)c8ncc(Cc9ccc(F)cc9)cc87)C(C)C6)cn5)CC4)c(S(=O)(=O)C(C)(C)C)cc23)c1C. The van der Waals surface area contributed by atoms with Crippen LogP contribution in [0.3, 0.4) is 0 Å². The molecule has 3 fully saturated rings. The van der Waals surface area contributed by atoms with E-state index in [4.69, 9.17) is 14.7 Å². The molecule has 0 aliphatic carbocycles. The summed E-state index contributed by atoms with van der Waals surface area (Å²) < 4.78 is 46.8. The van der Waals surface area contributed by atoms with Gasteiger partial charge in [0.25, 0.3) is 5.91 Å². The first-order valence-corrected chi connectivity index (χ1v) is 29.4. The Morgan fingerprint density at radius 1 is 0.887 bits per heavy atom. The molecule has 6 aromatic rings.